The average Bonchev–Trinajstić information content (AvgIpc) is 0.872. The van der Waals surface area contributed by atoms with Gasteiger partial charge in [0.1, 0.15) is 0 Å². The summed E-state index contributed by atoms with van der Waals surface area (Å²) in [4.78, 5) is 73.8. The van der Waals surface area contributed by atoms with Gasteiger partial charge in [-0.25, -0.2) is 13.9 Å². The third kappa shape index (κ3) is 91.4. The number of carbonyl (C=O) groups is 4. The van der Waals surface area contributed by atoms with Gasteiger partial charge in [-0.1, -0.05) is 26.0 Å². The fourth-order valence-electron chi connectivity index (χ4n) is 8.08. The minimum absolute atomic E-state index is 0.00829. The molecule has 0 heterocycles. The Labute approximate surface area is 794 Å². The van der Waals surface area contributed by atoms with Crippen molar-refractivity contribution in [2.75, 3.05) is 228 Å². The molecule has 0 saturated heterocycles. The largest absolute Gasteiger partial charge is 0.465 e. The van der Waals surface area contributed by atoms with Crippen molar-refractivity contribution in [1.82, 2.24) is 41.2 Å². The predicted octanol–water partition coefficient (Wildman–Crippen LogP) is 3.94. The van der Waals surface area contributed by atoms with Crippen LogP contribution in [0, 0.1) is 69.5 Å². The Morgan fingerprint density at radius 3 is 1.22 bits per heavy atom. The van der Waals surface area contributed by atoms with E-state index in [-0.39, 0.29) is 173 Å². The number of rotatable bonds is 71. The number of nitriles is 3. The number of thiol groups is 1. The molecular formula is C70H158N15O31P7S5. The molecular weight excluding hydrogens is 1920 g/mol. The zero-order valence-electron chi connectivity index (χ0n) is 81.1. The monoisotopic (exact) mass is 2090 g/mol. The van der Waals surface area contributed by atoms with Crippen molar-refractivity contribution < 1.29 is 149 Å². The van der Waals surface area contributed by atoms with Gasteiger partial charge >= 0.3 is 45.6 Å². The highest BCUT2D eigenvalue weighted by atomic mass is 32.7. The maximum absolute atomic E-state index is 11.8. The molecule has 0 aromatic rings. The molecule has 764 valence electrons. The van der Waals surface area contributed by atoms with Gasteiger partial charge in [0.05, 0.1) is 130 Å². The summed E-state index contributed by atoms with van der Waals surface area (Å²) in [5.41, 5.74) is 21.3. The highest BCUT2D eigenvalue weighted by Gasteiger charge is 2.31. The lowest BCUT2D eigenvalue weighted by Crippen LogP contribution is -2.34. The summed E-state index contributed by atoms with van der Waals surface area (Å²) in [5.74, 6) is -2.53. The van der Waals surface area contributed by atoms with Crippen LogP contribution in [0.25, 0.3) is 0 Å². The first kappa shape index (κ1) is 133. The van der Waals surface area contributed by atoms with E-state index in [2.05, 4.69) is 131 Å². The summed E-state index contributed by atoms with van der Waals surface area (Å²) in [6.07, 6.45) is 2.63. The van der Waals surface area contributed by atoms with Gasteiger partial charge < -0.3 is 155 Å². The Kier molecular flexibility index (Phi) is 98.9. The van der Waals surface area contributed by atoms with E-state index in [1.54, 1.807) is 14.1 Å². The molecule has 128 heavy (non-hydrogen) atoms. The van der Waals surface area contributed by atoms with Crippen molar-refractivity contribution >= 4 is 134 Å². The number of hydrogen-bond donors (Lipinski definition) is 20. The molecule has 0 aliphatic heterocycles. The highest BCUT2D eigenvalue weighted by molar-refractivity contribution is 8.44. The maximum atomic E-state index is 11.8. The Balaban J connectivity index is -0.000000231. The van der Waals surface area contributed by atoms with Gasteiger partial charge in [0.2, 0.25) is 14.7 Å². The lowest BCUT2D eigenvalue weighted by Gasteiger charge is -2.36. The molecule has 2 amide bonds. The summed E-state index contributed by atoms with van der Waals surface area (Å²) in [5, 5.41) is 85.4. The Hall–Kier alpha value is -0.970. The number of esters is 2. The molecule has 0 spiro atoms. The van der Waals surface area contributed by atoms with Gasteiger partial charge in [0, 0.05) is 131 Å². The number of nitrogens with two attached hydrogens (primary N) is 4. The first-order valence-electron chi connectivity index (χ1n) is 42.5. The van der Waals surface area contributed by atoms with Crippen LogP contribution in [0.1, 0.15) is 130 Å². The molecule has 0 bridgehead atoms. The second-order valence-electron chi connectivity index (χ2n) is 26.7. The summed E-state index contributed by atoms with van der Waals surface area (Å²) in [7, 11) is 10.7. The van der Waals surface area contributed by atoms with Gasteiger partial charge in [-0.15, -0.1) is 0 Å². The van der Waals surface area contributed by atoms with Crippen LogP contribution in [0.15, 0.2) is 0 Å². The normalized spacial score (nSPS) is 15.7. The number of carbonyl (C=O) groups excluding carboxylic acids is 4. The van der Waals surface area contributed by atoms with E-state index in [4.69, 9.17) is 189 Å². The predicted molar refractivity (Wildman–Crippen MR) is 510 cm³/mol. The zero-order valence-corrected chi connectivity index (χ0v) is 87.5. The number of nitrogens with one attached hydrogen (secondary N) is 6. The Bertz CT molecular complexity index is 3090. The maximum Gasteiger partial charge on any atom is 0.388 e. The van der Waals surface area contributed by atoms with Crippen LogP contribution in [0.4, 0.5) is 0 Å². The van der Waals surface area contributed by atoms with Gasteiger partial charge in [-0.05, 0) is 189 Å². The Morgan fingerprint density at radius 2 is 0.852 bits per heavy atom. The summed E-state index contributed by atoms with van der Waals surface area (Å²) in [6, 6.07) is 7.41. The van der Waals surface area contributed by atoms with E-state index in [1.807, 2.05) is 20.2 Å². The van der Waals surface area contributed by atoms with E-state index in [0.717, 1.165) is 19.5 Å². The highest BCUT2D eigenvalue weighted by Crippen LogP contribution is 2.55. The number of aliphatic hydroxyl groups is 6. The third-order valence-electron chi connectivity index (χ3n) is 14.4. The SMILES string of the molecule is CNCC(COC(=O)CCC(=O)NC)COP(=S)(OCO)OCCC#N.CNCCCOP(OCCC#N)N(C(C)C)C(C)C.NCC(CO)COP(=O)(S)OCOP(O)(=S)OCC(CN)CO.NCCCOP(O)(=S)OCOP(O)(=S)OCC(CN)CO.[2H]CC(CNC)COC(=O)CCC(=O)NC.[2H]CC(CNC)COP(OCCC#N)N(C(C)C)C(C)C.[3H]OC.[3H]OC. The molecule has 0 aliphatic carbocycles. The fourth-order valence-corrected chi connectivity index (χ4v) is 17.1. The topological polar surface area (TPSA) is 678 Å². The van der Waals surface area contributed by atoms with E-state index in [9.17, 15) is 38.4 Å². The second kappa shape index (κ2) is 95.0. The summed E-state index contributed by atoms with van der Waals surface area (Å²) < 4.78 is 131. The van der Waals surface area contributed by atoms with Gasteiger partial charge in [-0.2, -0.15) is 15.8 Å². The van der Waals surface area contributed by atoms with Crippen molar-refractivity contribution in [3.63, 3.8) is 0 Å². The first-order chi connectivity index (χ1) is 62.3. The average molecular weight is 2090 g/mol. The molecule has 13 unspecified atom stereocenters. The molecule has 13 atom stereocenters. The molecule has 0 rings (SSSR count). The zero-order chi connectivity index (χ0) is 103. The fraction of sp³-hybridized carbons (Fsp3) is 0.900. The molecule has 0 radical (unpaired) electrons. The minimum atomic E-state index is -3.76. The van der Waals surface area contributed by atoms with Gasteiger partial charge in [0.25, 0.3) is 17.1 Å². The lowest BCUT2D eigenvalue weighted by molar-refractivity contribution is -0.146. The van der Waals surface area contributed by atoms with E-state index < -0.39 is 89.0 Å². The van der Waals surface area contributed by atoms with Crippen LogP contribution in [0.5, 0.6) is 0 Å². The van der Waals surface area contributed by atoms with Crippen molar-refractivity contribution in [2.45, 2.75) is 151 Å². The van der Waals surface area contributed by atoms with Crippen LogP contribution in [-0.2, 0) is 148 Å². The van der Waals surface area contributed by atoms with E-state index in [0.29, 0.717) is 96.4 Å². The number of nitrogens with zero attached hydrogens (tertiary/aromatic N) is 5. The van der Waals surface area contributed by atoms with Crippen LogP contribution < -0.4 is 54.8 Å². The smallest absolute Gasteiger partial charge is 0.388 e. The number of aliphatic hydroxyl groups excluding tert-OH is 6. The molecule has 23 N–H and O–H groups in total. The molecule has 0 fully saturated rings. The van der Waals surface area contributed by atoms with Crippen molar-refractivity contribution in [3.05, 3.63) is 0 Å². The van der Waals surface area contributed by atoms with Crippen molar-refractivity contribution in [2.24, 2.45) is 58.4 Å². The molecule has 0 aliphatic rings. The summed E-state index contributed by atoms with van der Waals surface area (Å²) >= 11 is 22.9. The first-order valence-corrected chi connectivity index (χ1v) is 55.5. The molecule has 46 nitrogen and oxygen atoms in total. The van der Waals surface area contributed by atoms with Crippen LogP contribution in [-0.4, -0.2) is 334 Å². The van der Waals surface area contributed by atoms with E-state index in [1.165, 1.54) is 28.3 Å². The minimum Gasteiger partial charge on any atom is -0.465 e. The molecule has 58 heteroatoms. The number of amides is 2. The molecule has 0 aromatic carbocycles. The van der Waals surface area contributed by atoms with E-state index >= 15 is 0 Å². The Morgan fingerprint density at radius 1 is 0.477 bits per heavy atom. The quantitative estimate of drug-likeness (QED) is 0.0135. The standard InChI is InChI=1S/C14H26N3O7PS.C14H30N3O2P.C13H28N3O2P.C10H20N2O3.C9H24N2O8P2S2.C8H22N2O7P2S2.2CH4O/c1-16-8-12(9-21-14(20)5-4-13(19)17-2)10-23-25(26,24-11-18)22-7-3-6-15;1-12(2)17(13(3)4)20(18-9-7-8-15)19-11-14(5)10-16-6;1-12(2)16(13(3)4)19(17-10-6-8-14)18-11-7-9-15-5;1-8(6-11-2)7-15-10(14)5-4-9(13)12-3;10-1-8(3-12)5-16-20(14,22)18-7-19-21(15,23)17-6-9(2-11)4-13;9-2-1-3-14-18(12,20)16-7-17-19(13,21)15-6-8(4-10)5-11;2*1-2/h12,16,18H,3-5,7-11H2,1-2H3,(H,17,19);12-14,16H,7,9-11H2,1-6H3;12-13,15H,6-7,9-11H2,1-5H3;8,11H,4-7H2,1-3H3,(H,12,13);8-9,12-13H,1-7,10-11H2,(H,14,22)(H,15,23);8,11H,1-7,9-10H2,(H,12,20)(H,13,21);2*2H,1H3/i;5D;;1D;;;2*2T. The number of hydrogen-bond acceptors (Lipinski definition) is 45. The third-order valence-corrected chi connectivity index (χ3v) is 27.2. The lowest BCUT2D eigenvalue weighted by atomic mass is 10.2. The van der Waals surface area contributed by atoms with Crippen molar-refractivity contribution in [1.29, 1.82) is 18.6 Å². The second-order valence-corrected chi connectivity index (χ2v) is 44.1. The van der Waals surface area contributed by atoms with Crippen LogP contribution >= 0.6 is 63.0 Å². The number of ether oxygens (including phenoxy) is 2. The van der Waals surface area contributed by atoms with Crippen LogP contribution in [0.3, 0.4) is 0 Å². The van der Waals surface area contributed by atoms with Gasteiger partial charge in [-0.3, -0.25) is 41.8 Å². The van der Waals surface area contributed by atoms with Gasteiger partial charge in [0.15, 0.2) is 20.4 Å². The molecule has 0 aromatic heterocycles. The molecule has 0 saturated carbocycles. The summed E-state index contributed by atoms with van der Waals surface area (Å²) in [6.45, 7) is 3.27. The van der Waals surface area contributed by atoms with Crippen LogP contribution in [0.2, 0.25) is 0 Å². The van der Waals surface area contributed by atoms with Crippen molar-refractivity contribution in [3.8, 4) is 18.2 Å².